The number of carbonyl (C=O) groups is 1. The first-order valence-corrected chi connectivity index (χ1v) is 5.53. The number of carbonyl (C=O) groups excluding carboxylic acids is 1. The van der Waals surface area contributed by atoms with Crippen LogP contribution in [0, 0.1) is 0 Å². The second-order valence-electron chi connectivity index (χ2n) is 3.95. The van der Waals surface area contributed by atoms with Gasteiger partial charge < -0.3 is 9.94 Å². The van der Waals surface area contributed by atoms with Crippen LogP contribution < -0.4 is 5.48 Å². The summed E-state index contributed by atoms with van der Waals surface area (Å²) in [6.45, 7) is 0. The number of hydrogen-bond donors (Lipinski definition) is 2. The van der Waals surface area contributed by atoms with E-state index in [0.29, 0.717) is 6.42 Å². The fourth-order valence-corrected chi connectivity index (χ4v) is 1.72. The predicted octanol–water partition coefficient (Wildman–Crippen LogP) is 0.953. The molecule has 96 valence electrons. The Morgan fingerprint density at radius 3 is 2.94 bits per heavy atom. The molecule has 2 N–H and O–H groups in total. The largest absolute Gasteiger partial charge is 0.508 e. The fraction of sp³-hybridized carbons (Fsp3) is 0.333. The van der Waals surface area contributed by atoms with Gasteiger partial charge in [-0.2, -0.15) is 0 Å². The lowest BCUT2D eigenvalue weighted by molar-refractivity contribution is -0.133. The fourth-order valence-electron chi connectivity index (χ4n) is 1.72. The number of phenols is 1. The van der Waals surface area contributed by atoms with Crippen LogP contribution in [0.3, 0.4) is 0 Å². The SMILES string of the molecule is CONC(=O)CC1CC(c2ccc(O)cc2)=NO1. The number of nitrogens with zero attached hydrogens (tertiary/aromatic N) is 1. The van der Waals surface area contributed by atoms with Crippen LogP contribution in [-0.2, 0) is 14.5 Å². The van der Waals surface area contributed by atoms with E-state index in [1.807, 2.05) is 0 Å². The molecule has 0 fully saturated rings. The third-order valence-corrected chi connectivity index (χ3v) is 2.56. The van der Waals surface area contributed by atoms with Crippen LogP contribution in [0.1, 0.15) is 18.4 Å². The number of oxime groups is 1. The highest BCUT2D eigenvalue weighted by Crippen LogP contribution is 2.20. The Morgan fingerprint density at radius 2 is 2.28 bits per heavy atom. The molecule has 1 heterocycles. The molecule has 2 rings (SSSR count). The molecule has 1 aromatic rings. The van der Waals surface area contributed by atoms with Crippen molar-refractivity contribution in [3.63, 3.8) is 0 Å². The van der Waals surface area contributed by atoms with Crippen molar-refractivity contribution in [2.45, 2.75) is 18.9 Å². The Kier molecular flexibility index (Phi) is 3.78. The van der Waals surface area contributed by atoms with Gasteiger partial charge in [0, 0.05) is 6.42 Å². The van der Waals surface area contributed by atoms with E-state index >= 15 is 0 Å². The molecule has 1 aliphatic rings. The summed E-state index contributed by atoms with van der Waals surface area (Å²) in [6, 6.07) is 6.69. The van der Waals surface area contributed by atoms with Gasteiger partial charge in [0.05, 0.1) is 19.2 Å². The molecule has 6 nitrogen and oxygen atoms in total. The second kappa shape index (κ2) is 5.50. The summed E-state index contributed by atoms with van der Waals surface area (Å²) in [4.78, 5) is 21.0. The molecule has 0 aromatic heterocycles. The third-order valence-electron chi connectivity index (χ3n) is 2.56. The molecule has 1 amide bonds. The van der Waals surface area contributed by atoms with E-state index in [-0.39, 0.29) is 24.2 Å². The molecule has 0 radical (unpaired) electrons. The molecule has 0 saturated carbocycles. The minimum Gasteiger partial charge on any atom is -0.508 e. The zero-order valence-electron chi connectivity index (χ0n) is 9.92. The maximum atomic E-state index is 11.3. The van der Waals surface area contributed by atoms with Crippen molar-refractivity contribution in [2.24, 2.45) is 5.16 Å². The molecule has 1 atom stereocenters. The van der Waals surface area contributed by atoms with Gasteiger partial charge in [-0.15, -0.1) is 0 Å². The second-order valence-corrected chi connectivity index (χ2v) is 3.95. The van der Waals surface area contributed by atoms with Crippen LogP contribution >= 0.6 is 0 Å². The number of rotatable bonds is 4. The Bertz CT molecular complexity index is 456. The van der Waals surface area contributed by atoms with E-state index in [0.717, 1.165) is 11.3 Å². The van der Waals surface area contributed by atoms with E-state index in [1.165, 1.54) is 7.11 Å². The highest BCUT2D eigenvalue weighted by atomic mass is 16.7. The molecule has 1 aromatic carbocycles. The predicted molar refractivity (Wildman–Crippen MR) is 63.9 cm³/mol. The van der Waals surface area contributed by atoms with Crippen LogP contribution in [-0.4, -0.2) is 29.9 Å². The number of benzene rings is 1. The summed E-state index contributed by atoms with van der Waals surface area (Å²) in [5.41, 5.74) is 3.88. The van der Waals surface area contributed by atoms with Gasteiger partial charge in [0.25, 0.3) is 0 Å². The molecule has 1 aliphatic heterocycles. The standard InChI is InChI=1S/C12H14N2O4/c1-17-14-12(16)7-10-6-11(13-18-10)8-2-4-9(15)5-3-8/h2-5,10,15H,6-7H2,1H3,(H,14,16). The number of hydroxylamine groups is 1. The van der Waals surface area contributed by atoms with Gasteiger partial charge in [0.15, 0.2) is 0 Å². The lowest BCUT2D eigenvalue weighted by Crippen LogP contribution is -2.26. The summed E-state index contributed by atoms with van der Waals surface area (Å²) in [5, 5.41) is 13.1. The lowest BCUT2D eigenvalue weighted by atomic mass is 10.0. The van der Waals surface area contributed by atoms with E-state index in [2.05, 4.69) is 15.5 Å². The van der Waals surface area contributed by atoms with Gasteiger partial charge >= 0.3 is 0 Å². The average Bonchev–Trinajstić information content (AvgIpc) is 2.78. The number of nitrogens with one attached hydrogen (secondary N) is 1. The topological polar surface area (TPSA) is 80.2 Å². The number of amides is 1. The van der Waals surface area contributed by atoms with Gasteiger partial charge in [0.1, 0.15) is 11.9 Å². The third kappa shape index (κ3) is 2.98. The highest BCUT2D eigenvalue weighted by molar-refractivity contribution is 6.01. The monoisotopic (exact) mass is 250 g/mol. The zero-order chi connectivity index (χ0) is 13.0. The molecule has 0 spiro atoms. The first-order valence-electron chi connectivity index (χ1n) is 5.53. The maximum Gasteiger partial charge on any atom is 0.247 e. The zero-order valence-corrected chi connectivity index (χ0v) is 9.92. The molecular weight excluding hydrogens is 236 g/mol. The van der Waals surface area contributed by atoms with Crippen molar-refractivity contribution in [1.29, 1.82) is 0 Å². The van der Waals surface area contributed by atoms with Crippen LogP contribution in [0.2, 0.25) is 0 Å². The van der Waals surface area contributed by atoms with Gasteiger partial charge in [-0.05, 0) is 29.8 Å². The Labute approximate surface area is 104 Å². The summed E-state index contributed by atoms with van der Waals surface area (Å²) < 4.78 is 0. The molecule has 18 heavy (non-hydrogen) atoms. The first-order chi connectivity index (χ1) is 8.69. The van der Waals surface area contributed by atoms with Crippen molar-refractivity contribution >= 4 is 11.6 Å². The maximum absolute atomic E-state index is 11.3. The Balaban J connectivity index is 1.91. The number of phenolic OH excluding ortho intramolecular Hbond substituents is 1. The van der Waals surface area contributed by atoms with Gasteiger partial charge in [-0.1, -0.05) is 5.16 Å². The smallest absolute Gasteiger partial charge is 0.247 e. The van der Waals surface area contributed by atoms with E-state index < -0.39 is 0 Å². The average molecular weight is 250 g/mol. The van der Waals surface area contributed by atoms with Gasteiger partial charge in [0.2, 0.25) is 5.91 Å². The molecule has 6 heteroatoms. The van der Waals surface area contributed by atoms with Gasteiger partial charge in [-0.25, -0.2) is 5.48 Å². The number of aromatic hydroxyl groups is 1. The summed E-state index contributed by atoms with van der Waals surface area (Å²) in [7, 11) is 1.38. The van der Waals surface area contributed by atoms with Crippen molar-refractivity contribution in [1.82, 2.24) is 5.48 Å². The van der Waals surface area contributed by atoms with Crippen LogP contribution in [0.15, 0.2) is 29.4 Å². The summed E-state index contributed by atoms with van der Waals surface area (Å²) >= 11 is 0. The van der Waals surface area contributed by atoms with Crippen molar-refractivity contribution in [3.8, 4) is 5.75 Å². The minimum absolute atomic E-state index is 0.193. The Morgan fingerprint density at radius 1 is 1.56 bits per heavy atom. The van der Waals surface area contributed by atoms with Crippen molar-refractivity contribution < 1.29 is 19.6 Å². The van der Waals surface area contributed by atoms with Crippen LogP contribution in [0.5, 0.6) is 5.75 Å². The van der Waals surface area contributed by atoms with Crippen molar-refractivity contribution in [2.75, 3.05) is 7.11 Å². The molecule has 1 unspecified atom stereocenters. The molecule has 0 bridgehead atoms. The minimum atomic E-state index is -0.274. The Hall–Kier alpha value is -2.08. The number of hydrogen-bond acceptors (Lipinski definition) is 5. The van der Waals surface area contributed by atoms with E-state index in [9.17, 15) is 9.90 Å². The molecule has 0 aliphatic carbocycles. The van der Waals surface area contributed by atoms with Crippen molar-refractivity contribution in [3.05, 3.63) is 29.8 Å². The summed E-state index contributed by atoms with van der Waals surface area (Å²) in [5.74, 6) is -0.0426. The lowest BCUT2D eigenvalue weighted by Gasteiger charge is -2.07. The van der Waals surface area contributed by atoms with Crippen LogP contribution in [0.25, 0.3) is 0 Å². The first kappa shape index (κ1) is 12.4. The normalized spacial score (nSPS) is 18.1. The quantitative estimate of drug-likeness (QED) is 0.780. The van der Waals surface area contributed by atoms with Gasteiger partial charge in [-0.3, -0.25) is 9.63 Å². The molecule has 0 saturated heterocycles. The van der Waals surface area contributed by atoms with E-state index in [1.54, 1.807) is 24.3 Å². The summed E-state index contributed by atoms with van der Waals surface area (Å²) in [6.07, 6.45) is 0.477. The molecular formula is C12H14N2O4. The van der Waals surface area contributed by atoms with Crippen LogP contribution in [0.4, 0.5) is 0 Å². The van der Waals surface area contributed by atoms with E-state index in [4.69, 9.17) is 4.84 Å². The highest BCUT2D eigenvalue weighted by Gasteiger charge is 2.24.